The van der Waals surface area contributed by atoms with Gasteiger partial charge in [-0.3, -0.25) is 0 Å². The molecule has 0 amide bonds. The van der Waals surface area contributed by atoms with Gasteiger partial charge in [0.15, 0.2) is 0 Å². The van der Waals surface area contributed by atoms with E-state index < -0.39 is 23.5 Å². The van der Waals surface area contributed by atoms with Crippen molar-refractivity contribution in [2.75, 3.05) is 6.54 Å². The van der Waals surface area contributed by atoms with Crippen molar-refractivity contribution in [3.8, 4) is 0 Å². The van der Waals surface area contributed by atoms with Crippen LogP contribution in [0.3, 0.4) is 0 Å². The lowest BCUT2D eigenvalue weighted by Gasteiger charge is -2.31. The molecule has 0 aromatic carbocycles. The van der Waals surface area contributed by atoms with Crippen LogP contribution in [0.25, 0.3) is 0 Å². The van der Waals surface area contributed by atoms with E-state index in [1.54, 1.807) is 0 Å². The highest BCUT2D eigenvalue weighted by Gasteiger charge is 2.64. The molecule has 112 valence electrons. The van der Waals surface area contributed by atoms with E-state index in [2.05, 4.69) is 5.10 Å². The first kappa shape index (κ1) is 15.9. The van der Waals surface area contributed by atoms with Crippen LogP contribution in [-0.4, -0.2) is 41.4 Å². The average Bonchev–Trinajstić information content (AvgIpc) is 2.65. The lowest BCUT2D eigenvalue weighted by atomic mass is 10.2. The Hall–Kier alpha value is -1.15. The smallest absolute Gasteiger partial charge is 0.245 e. The zero-order valence-electron chi connectivity index (χ0n) is 10.3. The van der Waals surface area contributed by atoms with Crippen molar-refractivity contribution >= 4 is 6.34 Å². The molecule has 9 heteroatoms. The highest BCUT2D eigenvalue weighted by atomic mass is 19.4. The quantitative estimate of drug-likeness (QED) is 0.423. The lowest BCUT2D eigenvalue weighted by Crippen LogP contribution is -2.55. The number of hydrazone groups is 1. The number of alkyl halides is 6. The standard InChI is InChI=1S/C10H15F6N3/c1-2-3-4-5-6-19-8(11)18(7-17-19)10(15,16)9(12,13)14/h7-8H,2-6H2,1H3. The number of hydrogen-bond acceptors (Lipinski definition) is 3. The molecule has 1 rings (SSSR count). The van der Waals surface area contributed by atoms with Crippen molar-refractivity contribution in [2.45, 2.75) is 51.2 Å². The second-order valence-electron chi connectivity index (χ2n) is 4.21. The molecule has 0 saturated heterocycles. The van der Waals surface area contributed by atoms with Crippen LogP contribution >= 0.6 is 0 Å². The van der Waals surface area contributed by atoms with E-state index in [0.29, 0.717) is 11.4 Å². The summed E-state index contributed by atoms with van der Waals surface area (Å²) in [5, 5.41) is 3.85. The van der Waals surface area contributed by atoms with Crippen LogP contribution in [-0.2, 0) is 0 Å². The molecule has 1 atom stereocenters. The monoisotopic (exact) mass is 291 g/mol. The van der Waals surface area contributed by atoms with Gasteiger partial charge in [0, 0.05) is 6.54 Å². The molecule has 0 aromatic rings. The van der Waals surface area contributed by atoms with Gasteiger partial charge in [0.1, 0.15) is 6.34 Å². The van der Waals surface area contributed by atoms with Crippen LogP contribution in [0.15, 0.2) is 5.10 Å². The van der Waals surface area contributed by atoms with Gasteiger partial charge in [-0.15, -0.1) is 0 Å². The predicted molar refractivity (Wildman–Crippen MR) is 57.1 cm³/mol. The Labute approximate surface area is 106 Å². The minimum absolute atomic E-state index is 0.00209. The van der Waals surface area contributed by atoms with Gasteiger partial charge in [-0.25, -0.2) is 9.91 Å². The fourth-order valence-corrected chi connectivity index (χ4v) is 1.59. The summed E-state index contributed by atoms with van der Waals surface area (Å²) in [4.78, 5) is -0.715. The SMILES string of the molecule is CCCCCCN1N=CN(C(F)(F)C(F)(F)F)C1F. The first-order chi connectivity index (χ1) is 8.71. The van der Waals surface area contributed by atoms with Crippen molar-refractivity contribution < 1.29 is 26.3 Å². The molecule has 0 spiro atoms. The van der Waals surface area contributed by atoms with Crippen LogP contribution in [0.5, 0.6) is 0 Å². The fraction of sp³-hybridized carbons (Fsp3) is 0.900. The normalized spacial score (nSPS) is 20.5. The van der Waals surface area contributed by atoms with Crippen molar-refractivity contribution in [3.63, 3.8) is 0 Å². The minimum Gasteiger partial charge on any atom is -0.245 e. The molecule has 1 aliphatic rings. The summed E-state index contributed by atoms with van der Waals surface area (Å²) in [7, 11) is 0. The summed E-state index contributed by atoms with van der Waals surface area (Å²) in [5.74, 6) is 0. The summed E-state index contributed by atoms with van der Waals surface area (Å²) in [6, 6.07) is -5.27. The van der Waals surface area contributed by atoms with Gasteiger partial charge in [0.05, 0.1) is 0 Å². The third kappa shape index (κ3) is 3.44. The number of hydrogen-bond donors (Lipinski definition) is 0. The molecule has 0 aromatic heterocycles. The molecular weight excluding hydrogens is 276 g/mol. The summed E-state index contributed by atoms with van der Waals surface area (Å²) in [5.41, 5.74) is 0. The number of unbranched alkanes of at least 4 members (excludes halogenated alkanes) is 3. The van der Waals surface area contributed by atoms with E-state index in [1.165, 1.54) is 0 Å². The largest absolute Gasteiger partial charge is 0.475 e. The average molecular weight is 291 g/mol. The fourth-order valence-electron chi connectivity index (χ4n) is 1.59. The Bertz CT molecular complexity index is 317. The molecule has 0 bridgehead atoms. The first-order valence-corrected chi connectivity index (χ1v) is 5.89. The molecule has 1 heterocycles. The zero-order valence-corrected chi connectivity index (χ0v) is 10.3. The van der Waals surface area contributed by atoms with E-state index in [4.69, 9.17) is 0 Å². The van der Waals surface area contributed by atoms with Gasteiger partial charge in [0.2, 0.25) is 0 Å². The maximum atomic E-state index is 13.5. The van der Waals surface area contributed by atoms with Crippen LogP contribution in [0.2, 0.25) is 0 Å². The Balaban J connectivity index is 2.56. The van der Waals surface area contributed by atoms with E-state index in [0.717, 1.165) is 19.3 Å². The van der Waals surface area contributed by atoms with E-state index in [1.807, 2.05) is 6.92 Å². The minimum atomic E-state index is -5.85. The van der Waals surface area contributed by atoms with Gasteiger partial charge in [0.25, 0.3) is 6.42 Å². The van der Waals surface area contributed by atoms with Crippen LogP contribution in [0.4, 0.5) is 26.3 Å². The van der Waals surface area contributed by atoms with Crippen molar-refractivity contribution in [3.05, 3.63) is 0 Å². The zero-order chi connectivity index (χ0) is 14.7. The van der Waals surface area contributed by atoms with Gasteiger partial charge >= 0.3 is 12.2 Å². The highest BCUT2D eigenvalue weighted by Crippen LogP contribution is 2.40. The third-order valence-corrected chi connectivity index (χ3v) is 2.71. The molecular formula is C10H15F6N3. The first-order valence-electron chi connectivity index (χ1n) is 5.89. The molecule has 19 heavy (non-hydrogen) atoms. The summed E-state index contributed by atoms with van der Waals surface area (Å²) < 4.78 is 75.7. The van der Waals surface area contributed by atoms with Gasteiger partial charge in [-0.05, 0) is 6.42 Å². The second-order valence-corrected chi connectivity index (χ2v) is 4.21. The Morgan fingerprint density at radius 2 is 1.74 bits per heavy atom. The molecule has 1 aliphatic heterocycles. The summed E-state index contributed by atoms with van der Waals surface area (Å²) in [6.45, 7) is 1.96. The van der Waals surface area contributed by atoms with Gasteiger partial charge < -0.3 is 0 Å². The van der Waals surface area contributed by atoms with Crippen LogP contribution in [0, 0.1) is 0 Å². The molecule has 0 aliphatic carbocycles. The number of rotatable bonds is 6. The van der Waals surface area contributed by atoms with E-state index in [-0.39, 0.29) is 12.9 Å². The van der Waals surface area contributed by atoms with Crippen LogP contribution in [0.1, 0.15) is 32.6 Å². The van der Waals surface area contributed by atoms with Crippen molar-refractivity contribution in [1.82, 2.24) is 9.91 Å². The summed E-state index contributed by atoms with van der Waals surface area (Å²) in [6.07, 6.45) is -5.21. The van der Waals surface area contributed by atoms with Crippen molar-refractivity contribution in [1.29, 1.82) is 0 Å². The number of nitrogens with zero attached hydrogens (tertiary/aromatic N) is 3. The predicted octanol–water partition coefficient (Wildman–Crippen LogP) is 3.54. The second kappa shape index (κ2) is 5.87. The van der Waals surface area contributed by atoms with Crippen LogP contribution < -0.4 is 0 Å². The molecule has 1 unspecified atom stereocenters. The molecule has 0 fully saturated rings. The molecule has 0 N–H and O–H groups in total. The Kier molecular flexibility index (Phi) is 4.92. The molecule has 0 saturated carbocycles. The maximum Gasteiger partial charge on any atom is 0.475 e. The highest BCUT2D eigenvalue weighted by molar-refractivity contribution is 5.57. The Morgan fingerprint density at radius 1 is 1.11 bits per heavy atom. The number of halogens is 6. The third-order valence-electron chi connectivity index (χ3n) is 2.71. The lowest BCUT2D eigenvalue weighted by molar-refractivity contribution is -0.341. The summed E-state index contributed by atoms with van der Waals surface area (Å²) >= 11 is 0. The molecule has 3 nitrogen and oxygen atoms in total. The van der Waals surface area contributed by atoms with Gasteiger partial charge in [-0.2, -0.15) is 31.4 Å². The van der Waals surface area contributed by atoms with Crippen molar-refractivity contribution in [2.24, 2.45) is 5.10 Å². The van der Waals surface area contributed by atoms with E-state index >= 15 is 0 Å². The van der Waals surface area contributed by atoms with Gasteiger partial charge in [-0.1, -0.05) is 26.2 Å². The molecule has 0 radical (unpaired) electrons. The Morgan fingerprint density at radius 3 is 2.26 bits per heavy atom. The topological polar surface area (TPSA) is 18.8 Å². The van der Waals surface area contributed by atoms with E-state index in [9.17, 15) is 26.3 Å². The maximum absolute atomic E-state index is 13.5.